The van der Waals surface area contributed by atoms with Gasteiger partial charge in [-0.15, -0.1) is 0 Å². The van der Waals surface area contributed by atoms with Gasteiger partial charge < -0.3 is 0 Å². The molecule has 0 saturated carbocycles. The van der Waals surface area contributed by atoms with Gasteiger partial charge in [0.1, 0.15) is 6.61 Å². The molecule has 0 spiro atoms. The third-order valence-corrected chi connectivity index (χ3v) is 4.97. The molecule has 6 fully saturated rings. The molecular weight excluding hydrogens is 226 g/mol. The molecule has 8 nitrogen and oxygen atoms in total. The molecule has 0 N–H and O–H groups in total. The van der Waals surface area contributed by atoms with Crippen molar-refractivity contribution in [3.63, 3.8) is 0 Å². The zero-order chi connectivity index (χ0) is 8.95. The van der Waals surface area contributed by atoms with Gasteiger partial charge in [0.15, 0.2) is 0 Å². The molecule has 4 bridgehead atoms. The fourth-order valence-electron chi connectivity index (χ4n) is 1.51. The van der Waals surface area contributed by atoms with E-state index in [0.717, 1.165) is 0 Å². The largest absolute Gasteiger partial charge is 0.488 e. The highest BCUT2D eigenvalue weighted by atomic mass is 31.2. The first-order valence-corrected chi connectivity index (χ1v) is 6.29. The first kappa shape index (κ1) is 7.50. The maximum atomic E-state index is 11.1. The predicted molar refractivity (Wildman–Crippen MR) is 32.1 cm³/mol. The summed E-state index contributed by atoms with van der Waals surface area (Å²) in [6.07, 6.45) is 0. The van der Waals surface area contributed by atoms with Gasteiger partial charge in [-0.2, -0.15) is 0 Å². The summed E-state index contributed by atoms with van der Waals surface area (Å²) in [5.74, 6) is -3.07. The van der Waals surface area contributed by atoms with Crippen molar-refractivity contribution in [1.82, 2.24) is 0 Å². The first-order chi connectivity index (χ1) is 5.99. The second-order valence-electron chi connectivity index (χ2n) is 2.93. The number of fused-ring (bicyclic) bond motifs is 1. The lowest BCUT2D eigenvalue weighted by atomic mass is 10.2. The zero-order valence-electron chi connectivity index (χ0n) is 5.87. The third-order valence-electron chi connectivity index (χ3n) is 2.09. The van der Waals surface area contributed by atoms with Crippen LogP contribution in [0.3, 0.4) is 0 Å². The molecule has 0 aromatic heterocycles. The minimum atomic E-state index is -3.37. The van der Waals surface area contributed by atoms with Crippen molar-refractivity contribution in [2.45, 2.75) is 11.8 Å². The Labute approximate surface area is 71.2 Å². The Morgan fingerprint density at radius 3 is 1.92 bits per heavy atom. The molecule has 0 aromatic carbocycles. The molecule has 6 aliphatic heterocycles. The Morgan fingerprint density at radius 2 is 1.54 bits per heavy atom. The molecule has 0 aliphatic carbocycles. The van der Waals surface area contributed by atoms with Gasteiger partial charge in [0.05, 0.1) is 0 Å². The van der Waals surface area contributed by atoms with Crippen LogP contribution in [0.4, 0.5) is 0 Å². The molecule has 0 unspecified atom stereocenters. The van der Waals surface area contributed by atoms with E-state index < -0.39 is 27.4 Å². The topological polar surface area (TPSA) is 89.5 Å². The van der Waals surface area contributed by atoms with Gasteiger partial charge in [0.25, 0.3) is 5.79 Å². The lowest BCUT2D eigenvalue weighted by Crippen LogP contribution is -2.74. The van der Waals surface area contributed by atoms with Crippen molar-refractivity contribution in [2.24, 2.45) is 0 Å². The molecule has 0 atom stereocenters. The minimum Gasteiger partial charge on any atom is -0.281 e. The van der Waals surface area contributed by atoms with Crippen LogP contribution in [-0.2, 0) is 36.3 Å². The Kier molecular flexibility index (Phi) is 0.911. The summed E-state index contributed by atoms with van der Waals surface area (Å²) in [7, 11) is -6.65. The van der Waals surface area contributed by atoms with Crippen LogP contribution in [-0.4, -0.2) is 18.4 Å². The molecular formula is C3H2O8P2. The van der Waals surface area contributed by atoms with Crippen molar-refractivity contribution < 1.29 is 36.3 Å². The highest BCUT2D eigenvalue weighted by Gasteiger charge is 2.92. The van der Waals surface area contributed by atoms with E-state index in [1.54, 1.807) is 0 Å². The molecule has 72 valence electrons. The van der Waals surface area contributed by atoms with E-state index in [-0.39, 0.29) is 6.61 Å². The number of hydrogen-bond donors (Lipinski definition) is 0. The Hall–Kier alpha value is 0.220. The predicted octanol–water partition coefficient (Wildman–Crippen LogP) is 0.707. The van der Waals surface area contributed by atoms with Gasteiger partial charge in [-0.05, 0) is 0 Å². The Morgan fingerprint density at radius 1 is 0.923 bits per heavy atom. The van der Waals surface area contributed by atoms with Gasteiger partial charge in [-0.3, -0.25) is 4.52 Å². The minimum absolute atomic E-state index is 0.121. The van der Waals surface area contributed by atoms with Gasteiger partial charge in [-0.1, -0.05) is 0 Å². The van der Waals surface area contributed by atoms with Crippen LogP contribution in [0.1, 0.15) is 0 Å². The number of rotatable bonds is 1. The van der Waals surface area contributed by atoms with Crippen LogP contribution in [0.15, 0.2) is 0 Å². The molecule has 10 heteroatoms. The lowest BCUT2D eigenvalue weighted by molar-refractivity contribution is -0.518. The molecule has 6 rings (SSSR count). The lowest BCUT2D eigenvalue weighted by Gasteiger charge is -2.61. The second kappa shape index (κ2) is 1.58. The van der Waals surface area contributed by atoms with Crippen molar-refractivity contribution in [3.8, 4) is 0 Å². The van der Waals surface area contributed by atoms with Gasteiger partial charge >= 0.3 is 21.6 Å². The Balaban J connectivity index is 1.72. The average molecular weight is 228 g/mol. The van der Waals surface area contributed by atoms with Crippen LogP contribution in [0.5, 0.6) is 0 Å². The maximum absolute atomic E-state index is 11.1. The van der Waals surface area contributed by atoms with E-state index >= 15 is 0 Å². The summed E-state index contributed by atoms with van der Waals surface area (Å²) < 4.78 is 50.5. The molecule has 0 amide bonds. The molecule has 13 heavy (non-hydrogen) atoms. The van der Waals surface area contributed by atoms with Gasteiger partial charge in [-0.25, -0.2) is 31.7 Å². The zero-order valence-corrected chi connectivity index (χ0v) is 7.66. The van der Waals surface area contributed by atoms with Crippen LogP contribution in [0, 0.1) is 0 Å². The monoisotopic (exact) mass is 228 g/mol. The normalized spacial score (nSPS) is 72.3. The highest BCUT2D eigenvalue weighted by Crippen LogP contribution is 2.89. The van der Waals surface area contributed by atoms with E-state index in [1.807, 2.05) is 0 Å². The standard InChI is InChI=1S/C3H2O8P2/c4-12-6-1-2(7-12,8-12)3-9-13(5,10-3)11-3/h1H2. The SMILES string of the molecule is O=P12OCC(C34OP(=O)(O3)O4)(O1)O2. The van der Waals surface area contributed by atoms with Gasteiger partial charge in [0.2, 0.25) is 0 Å². The average Bonchev–Trinajstić information content (AvgIpc) is 2.32. The summed E-state index contributed by atoms with van der Waals surface area (Å²) in [6, 6.07) is 0. The van der Waals surface area contributed by atoms with Crippen molar-refractivity contribution >= 4 is 15.6 Å². The summed E-state index contributed by atoms with van der Waals surface area (Å²) in [5.41, 5.74) is 0. The van der Waals surface area contributed by atoms with Gasteiger partial charge in [0, 0.05) is 0 Å². The fourth-order valence-corrected chi connectivity index (χ4v) is 4.35. The summed E-state index contributed by atoms with van der Waals surface area (Å²) in [4.78, 5) is 0. The fraction of sp³-hybridized carbons (Fsp3) is 1.00. The Bertz CT molecular complexity index is 377. The van der Waals surface area contributed by atoms with Crippen molar-refractivity contribution in [2.75, 3.05) is 6.61 Å². The highest BCUT2D eigenvalue weighted by molar-refractivity contribution is 7.52. The van der Waals surface area contributed by atoms with E-state index in [2.05, 4.69) is 4.52 Å². The summed E-state index contributed by atoms with van der Waals surface area (Å²) in [5, 5.41) is 0. The smallest absolute Gasteiger partial charge is 0.281 e. The maximum Gasteiger partial charge on any atom is 0.488 e. The first-order valence-electron chi connectivity index (χ1n) is 3.37. The molecule has 6 saturated heterocycles. The van der Waals surface area contributed by atoms with Crippen LogP contribution in [0.25, 0.3) is 0 Å². The molecule has 0 aromatic rings. The molecule has 6 heterocycles. The summed E-state index contributed by atoms with van der Waals surface area (Å²) >= 11 is 0. The second-order valence-corrected chi connectivity index (χ2v) is 5.89. The molecule has 0 radical (unpaired) electrons. The van der Waals surface area contributed by atoms with E-state index in [4.69, 9.17) is 22.6 Å². The van der Waals surface area contributed by atoms with Crippen LogP contribution in [0.2, 0.25) is 0 Å². The summed E-state index contributed by atoms with van der Waals surface area (Å²) in [6.45, 7) is -0.121. The van der Waals surface area contributed by atoms with E-state index in [9.17, 15) is 9.13 Å². The van der Waals surface area contributed by atoms with Crippen molar-refractivity contribution in [1.29, 1.82) is 0 Å². The van der Waals surface area contributed by atoms with Crippen LogP contribution >= 0.6 is 15.6 Å². The quantitative estimate of drug-likeness (QED) is 0.606. The number of phosphoric ester groups is 2. The molecule has 6 aliphatic rings. The van der Waals surface area contributed by atoms with Crippen LogP contribution < -0.4 is 0 Å². The van der Waals surface area contributed by atoms with Crippen molar-refractivity contribution in [3.05, 3.63) is 0 Å². The number of phosphoric acid groups is 2. The number of hydrogen-bond acceptors (Lipinski definition) is 8. The van der Waals surface area contributed by atoms with E-state index in [1.165, 1.54) is 0 Å². The third kappa shape index (κ3) is 0.597. The van der Waals surface area contributed by atoms with E-state index in [0.29, 0.717) is 0 Å².